The van der Waals surface area contributed by atoms with E-state index < -0.39 is 30.1 Å². The molecule has 1 aromatic rings. The lowest BCUT2D eigenvalue weighted by atomic mass is 9.96. The van der Waals surface area contributed by atoms with E-state index in [-0.39, 0.29) is 30.5 Å². The van der Waals surface area contributed by atoms with Crippen LogP contribution in [-0.4, -0.2) is 48.8 Å². The Morgan fingerprint density at radius 3 is 2.46 bits per heavy atom. The molecule has 7 heteroatoms. The molecule has 1 heterocycles. The predicted molar refractivity (Wildman–Crippen MR) is 95.6 cm³/mol. The van der Waals surface area contributed by atoms with Gasteiger partial charge in [0.1, 0.15) is 11.6 Å². The van der Waals surface area contributed by atoms with Gasteiger partial charge in [-0.15, -0.1) is 0 Å². The molecule has 2 rings (SSSR count). The summed E-state index contributed by atoms with van der Waals surface area (Å²) in [5, 5.41) is 13.8. The summed E-state index contributed by atoms with van der Waals surface area (Å²) in [5.41, 5.74) is 6.49. The number of nitrogens with two attached hydrogens (primary N) is 1. The Hall–Kier alpha value is -1.12. The summed E-state index contributed by atoms with van der Waals surface area (Å²) < 4.78 is 38.1. The van der Waals surface area contributed by atoms with Gasteiger partial charge in [0.25, 0.3) is 0 Å². The van der Waals surface area contributed by atoms with Gasteiger partial charge in [-0.05, 0) is 36.5 Å². The number of halogens is 2. The first-order chi connectivity index (χ1) is 12.0. The van der Waals surface area contributed by atoms with E-state index in [1.54, 1.807) is 0 Å². The van der Waals surface area contributed by atoms with Gasteiger partial charge in [0.15, 0.2) is 6.29 Å². The van der Waals surface area contributed by atoms with Crippen LogP contribution in [-0.2, 0) is 15.9 Å². The van der Waals surface area contributed by atoms with E-state index in [9.17, 15) is 13.9 Å². The maximum Gasteiger partial charge on any atom is 0.172 e. The summed E-state index contributed by atoms with van der Waals surface area (Å²) >= 11 is 0. The van der Waals surface area contributed by atoms with E-state index in [0.29, 0.717) is 12.2 Å². The monoisotopic (exact) mass is 372 g/mol. The zero-order valence-corrected chi connectivity index (χ0v) is 15.8. The Morgan fingerprint density at radius 2 is 1.92 bits per heavy atom. The normalized spacial score (nSPS) is 26.5. The standard InChI is InChI=1S/C19H30F2N2O3/c1-11-18(26-10-19(2,3)4)25-9-16(23-11)17(24)15(22)7-12-5-13(20)8-14(21)6-12/h5-6,8,11,15-18,23-24H,7,9-10,22H2,1-4H3/t11-,15-,16?,17-,18-/m0/s1. The SMILES string of the molecule is C[C@@H]1NC([C@@H](O)[C@@H](N)Cc2cc(F)cc(F)c2)CO[C@H]1OCC(C)(C)C. The fraction of sp³-hybridized carbons (Fsp3) is 0.684. The number of aliphatic hydroxyl groups excluding tert-OH is 1. The first-order valence-corrected chi connectivity index (χ1v) is 8.93. The highest BCUT2D eigenvalue weighted by atomic mass is 19.1. The minimum Gasteiger partial charge on any atom is -0.390 e. The molecule has 1 saturated heterocycles. The molecular weight excluding hydrogens is 342 g/mol. The van der Waals surface area contributed by atoms with Gasteiger partial charge in [0.05, 0.1) is 31.4 Å². The summed E-state index contributed by atoms with van der Waals surface area (Å²) in [4.78, 5) is 0. The van der Waals surface area contributed by atoms with Crippen molar-refractivity contribution in [3.05, 3.63) is 35.4 Å². The van der Waals surface area contributed by atoms with Crippen LogP contribution in [0.2, 0.25) is 0 Å². The number of ether oxygens (including phenoxy) is 2. The summed E-state index contributed by atoms with van der Waals surface area (Å²) in [6.45, 7) is 8.95. The van der Waals surface area contributed by atoms with E-state index >= 15 is 0 Å². The Morgan fingerprint density at radius 1 is 1.31 bits per heavy atom. The van der Waals surface area contributed by atoms with E-state index in [1.807, 2.05) is 6.92 Å². The number of morpholine rings is 1. The first kappa shape index (κ1) is 21.2. The number of nitrogens with one attached hydrogen (secondary N) is 1. The van der Waals surface area contributed by atoms with E-state index in [4.69, 9.17) is 15.2 Å². The van der Waals surface area contributed by atoms with Gasteiger partial charge >= 0.3 is 0 Å². The molecule has 148 valence electrons. The van der Waals surface area contributed by atoms with E-state index in [2.05, 4.69) is 26.1 Å². The van der Waals surface area contributed by atoms with Crippen molar-refractivity contribution in [1.82, 2.24) is 5.32 Å². The molecule has 5 atom stereocenters. The highest BCUT2D eigenvalue weighted by molar-refractivity contribution is 5.19. The van der Waals surface area contributed by atoms with Gasteiger partial charge in [0, 0.05) is 12.1 Å². The molecule has 1 aliphatic rings. The van der Waals surface area contributed by atoms with Crippen molar-refractivity contribution in [3.8, 4) is 0 Å². The lowest BCUT2D eigenvalue weighted by Gasteiger charge is -2.39. The van der Waals surface area contributed by atoms with Crippen molar-refractivity contribution in [1.29, 1.82) is 0 Å². The largest absolute Gasteiger partial charge is 0.390 e. The van der Waals surface area contributed by atoms with Gasteiger partial charge in [-0.2, -0.15) is 0 Å². The fourth-order valence-corrected chi connectivity index (χ4v) is 2.95. The Balaban J connectivity index is 1.88. The fourth-order valence-electron chi connectivity index (χ4n) is 2.95. The molecule has 5 nitrogen and oxygen atoms in total. The van der Waals surface area contributed by atoms with Gasteiger partial charge in [-0.25, -0.2) is 8.78 Å². The van der Waals surface area contributed by atoms with Crippen molar-refractivity contribution in [2.45, 2.75) is 64.6 Å². The number of hydrogen-bond donors (Lipinski definition) is 3. The topological polar surface area (TPSA) is 76.7 Å². The number of hydrogen-bond acceptors (Lipinski definition) is 5. The second-order valence-electron chi connectivity index (χ2n) is 8.27. The van der Waals surface area contributed by atoms with Crippen LogP contribution in [0.1, 0.15) is 33.3 Å². The predicted octanol–water partition coefficient (Wildman–Crippen LogP) is 1.96. The molecule has 1 fully saturated rings. The molecule has 0 radical (unpaired) electrons. The van der Waals surface area contributed by atoms with Gasteiger partial charge in [0.2, 0.25) is 0 Å². The highest BCUT2D eigenvalue weighted by Gasteiger charge is 2.35. The molecule has 0 bridgehead atoms. The molecule has 1 unspecified atom stereocenters. The molecule has 1 aromatic carbocycles. The van der Waals surface area contributed by atoms with Gasteiger partial charge in [-0.3, -0.25) is 0 Å². The Bertz CT molecular complexity index is 574. The van der Waals surface area contributed by atoms with Crippen LogP contribution in [0.15, 0.2) is 18.2 Å². The van der Waals surface area contributed by atoms with Crippen LogP contribution in [0.25, 0.3) is 0 Å². The third-order valence-corrected chi connectivity index (χ3v) is 4.25. The highest BCUT2D eigenvalue weighted by Crippen LogP contribution is 2.19. The van der Waals surface area contributed by atoms with E-state index in [0.717, 1.165) is 6.07 Å². The van der Waals surface area contributed by atoms with Crippen molar-refractivity contribution < 1.29 is 23.4 Å². The van der Waals surface area contributed by atoms with Crippen LogP contribution in [0.3, 0.4) is 0 Å². The molecule has 4 N–H and O–H groups in total. The minimum absolute atomic E-state index is 0.0298. The van der Waals surface area contributed by atoms with Crippen LogP contribution >= 0.6 is 0 Å². The second kappa shape index (κ2) is 8.71. The van der Waals surface area contributed by atoms with Crippen molar-refractivity contribution in [2.75, 3.05) is 13.2 Å². The quantitative estimate of drug-likeness (QED) is 0.712. The maximum absolute atomic E-state index is 13.3. The average molecular weight is 372 g/mol. The zero-order chi connectivity index (χ0) is 19.5. The van der Waals surface area contributed by atoms with Crippen molar-refractivity contribution >= 4 is 0 Å². The number of aliphatic hydroxyl groups is 1. The van der Waals surface area contributed by atoms with Crippen LogP contribution in [0.5, 0.6) is 0 Å². The maximum atomic E-state index is 13.3. The van der Waals surface area contributed by atoms with Gasteiger partial charge in [-0.1, -0.05) is 20.8 Å². The number of benzene rings is 1. The smallest absolute Gasteiger partial charge is 0.172 e. The molecule has 0 aromatic heterocycles. The Labute approximate surface area is 153 Å². The lowest BCUT2D eigenvalue weighted by Crippen LogP contribution is -2.61. The first-order valence-electron chi connectivity index (χ1n) is 8.93. The third kappa shape index (κ3) is 6.25. The zero-order valence-electron chi connectivity index (χ0n) is 15.8. The lowest BCUT2D eigenvalue weighted by molar-refractivity contribution is -0.200. The molecule has 0 spiro atoms. The molecule has 26 heavy (non-hydrogen) atoms. The van der Waals surface area contributed by atoms with Crippen molar-refractivity contribution in [3.63, 3.8) is 0 Å². The third-order valence-electron chi connectivity index (χ3n) is 4.25. The average Bonchev–Trinajstić information content (AvgIpc) is 2.51. The molecule has 0 saturated carbocycles. The molecular formula is C19H30F2N2O3. The molecule has 0 aliphatic carbocycles. The summed E-state index contributed by atoms with van der Waals surface area (Å²) in [5.74, 6) is -1.32. The van der Waals surface area contributed by atoms with Crippen LogP contribution < -0.4 is 11.1 Å². The van der Waals surface area contributed by atoms with E-state index in [1.165, 1.54) is 12.1 Å². The summed E-state index contributed by atoms with van der Waals surface area (Å²) in [6, 6.07) is 2.06. The Kier molecular flexibility index (Phi) is 7.10. The molecule has 0 amide bonds. The van der Waals surface area contributed by atoms with Gasteiger partial charge < -0.3 is 25.6 Å². The number of rotatable bonds is 6. The minimum atomic E-state index is -0.924. The second-order valence-corrected chi connectivity index (χ2v) is 8.27. The van der Waals surface area contributed by atoms with Crippen LogP contribution in [0.4, 0.5) is 8.78 Å². The molecule has 1 aliphatic heterocycles. The van der Waals surface area contributed by atoms with Crippen molar-refractivity contribution in [2.24, 2.45) is 11.1 Å². The summed E-state index contributed by atoms with van der Waals surface area (Å²) in [7, 11) is 0. The van der Waals surface area contributed by atoms with Crippen LogP contribution in [0, 0.1) is 17.0 Å². The summed E-state index contributed by atoms with van der Waals surface area (Å²) in [6.07, 6.45) is -1.16.